The van der Waals surface area contributed by atoms with Gasteiger partial charge in [0.25, 0.3) is 5.91 Å². The molecular weight excluding hydrogens is 525 g/mol. The predicted molar refractivity (Wildman–Crippen MR) is 142 cm³/mol. The van der Waals surface area contributed by atoms with Crippen molar-refractivity contribution in [1.29, 1.82) is 0 Å². The summed E-state index contributed by atoms with van der Waals surface area (Å²) in [4.78, 5) is 32.0. The topological polar surface area (TPSA) is 96.5 Å². The third kappa shape index (κ3) is 6.22. The minimum absolute atomic E-state index is 0.0153. The molecule has 5 rings (SSSR count). The number of benzene rings is 1. The predicted octanol–water partition coefficient (Wildman–Crippen LogP) is 4.33. The van der Waals surface area contributed by atoms with Crippen molar-refractivity contribution in [2.45, 2.75) is 64.3 Å². The Morgan fingerprint density at radius 1 is 1.10 bits per heavy atom. The molecule has 1 fully saturated rings. The molecule has 1 saturated heterocycles. The first-order valence-electron chi connectivity index (χ1n) is 13.2. The lowest BCUT2D eigenvalue weighted by molar-refractivity contribution is -0.192. The quantitative estimate of drug-likeness (QED) is 0.511. The van der Waals surface area contributed by atoms with Gasteiger partial charge in [0.1, 0.15) is 11.5 Å². The van der Waals surface area contributed by atoms with E-state index in [2.05, 4.69) is 65.7 Å². The number of hydrogen-bond donors (Lipinski definition) is 1. The number of carbonyl (C=O) groups is 2. The number of carboxylic acid groups (broad SMARTS) is 1. The molecule has 1 N–H and O–H groups in total. The lowest BCUT2D eigenvalue weighted by Crippen LogP contribution is -2.53. The molecular formula is C28H35F3N6O3. The van der Waals surface area contributed by atoms with Gasteiger partial charge in [-0.25, -0.2) is 9.78 Å². The van der Waals surface area contributed by atoms with Crippen LogP contribution in [0.4, 0.5) is 13.2 Å². The molecule has 40 heavy (non-hydrogen) atoms. The van der Waals surface area contributed by atoms with Crippen molar-refractivity contribution in [3.8, 4) is 0 Å². The van der Waals surface area contributed by atoms with Crippen molar-refractivity contribution in [2.75, 3.05) is 19.6 Å². The summed E-state index contributed by atoms with van der Waals surface area (Å²) in [5.41, 5.74) is 4.19. The SMILES string of the molecule is Cc1nc2c(n1C(C)C)CN(C(=O)c1ccn(C)n1)CC21CCN(Cc2ccccc2)CC1.O=C(O)C(F)(F)F. The van der Waals surface area contributed by atoms with Crippen LogP contribution >= 0.6 is 0 Å². The highest BCUT2D eigenvalue weighted by Crippen LogP contribution is 2.43. The van der Waals surface area contributed by atoms with Gasteiger partial charge in [-0.3, -0.25) is 14.4 Å². The van der Waals surface area contributed by atoms with Gasteiger partial charge in [0, 0.05) is 37.8 Å². The van der Waals surface area contributed by atoms with Gasteiger partial charge in [-0.15, -0.1) is 0 Å². The standard InChI is InChI=1S/C26H34N6O.C2HF3O2/c1-19(2)32-20(3)27-24-23(32)17-31(25(33)22-10-13-29(4)28-22)18-26(24)11-14-30(15-12-26)16-21-8-6-5-7-9-21;3-2(4,5)1(6)7/h5-10,13,19H,11-12,14-18H2,1-4H3;(H,6,7). The number of hydrogen-bond acceptors (Lipinski definition) is 5. The second-order valence-electron chi connectivity index (χ2n) is 10.8. The van der Waals surface area contributed by atoms with Crippen molar-refractivity contribution in [2.24, 2.45) is 7.05 Å². The van der Waals surface area contributed by atoms with Gasteiger partial charge in [0.15, 0.2) is 0 Å². The van der Waals surface area contributed by atoms with Crippen molar-refractivity contribution < 1.29 is 27.9 Å². The van der Waals surface area contributed by atoms with Crippen LogP contribution in [0.2, 0.25) is 0 Å². The van der Waals surface area contributed by atoms with Gasteiger partial charge in [0.05, 0.1) is 17.9 Å². The van der Waals surface area contributed by atoms with E-state index in [1.165, 1.54) is 17.0 Å². The number of halogens is 3. The molecule has 0 radical (unpaired) electrons. The molecule has 216 valence electrons. The Balaban J connectivity index is 0.000000470. The Kier molecular flexibility index (Phi) is 8.38. The highest BCUT2D eigenvalue weighted by atomic mass is 19.4. The number of alkyl halides is 3. The molecule has 3 aromatic rings. The van der Waals surface area contributed by atoms with Crippen molar-refractivity contribution in [1.82, 2.24) is 29.1 Å². The van der Waals surface area contributed by atoms with E-state index >= 15 is 0 Å². The second-order valence-corrected chi connectivity index (χ2v) is 10.8. The third-order valence-corrected chi connectivity index (χ3v) is 7.56. The molecule has 12 heteroatoms. The largest absolute Gasteiger partial charge is 0.490 e. The van der Waals surface area contributed by atoms with Crippen LogP contribution in [0.3, 0.4) is 0 Å². The Morgan fingerprint density at radius 3 is 2.25 bits per heavy atom. The van der Waals surface area contributed by atoms with Gasteiger partial charge in [-0.2, -0.15) is 18.3 Å². The fraction of sp³-hybridized carbons (Fsp3) is 0.500. The van der Waals surface area contributed by atoms with E-state index in [4.69, 9.17) is 14.9 Å². The fourth-order valence-electron chi connectivity index (χ4n) is 5.74. The van der Waals surface area contributed by atoms with E-state index in [9.17, 15) is 18.0 Å². The maximum atomic E-state index is 13.5. The van der Waals surface area contributed by atoms with Crippen LogP contribution in [-0.2, 0) is 30.3 Å². The normalized spacial score (nSPS) is 16.9. The van der Waals surface area contributed by atoms with Crippen molar-refractivity contribution >= 4 is 11.9 Å². The minimum atomic E-state index is -5.08. The van der Waals surface area contributed by atoms with E-state index in [1.807, 2.05) is 24.2 Å². The van der Waals surface area contributed by atoms with E-state index in [0.717, 1.165) is 38.3 Å². The van der Waals surface area contributed by atoms with E-state index in [1.54, 1.807) is 4.68 Å². The first-order chi connectivity index (χ1) is 18.8. The first kappa shape index (κ1) is 29.3. The molecule has 0 unspecified atom stereocenters. The van der Waals surface area contributed by atoms with E-state index in [-0.39, 0.29) is 11.3 Å². The molecule has 2 aliphatic rings. The zero-order valence-electron chi connectivity index (χ0n) is 23.1. The van der Waals surface area contributed by atoms with Crippen LogP contribution in [0, 0.1) is 6.92 Å². The van der Waals surface area contributed by atoms with Gasteiger partial charge in [-0.05, 0) is 58.3 Å². The minimum Gasteiger partial charge on any atom is -0.475 e. The smallest absolute Gasteiger partial charge is 0.475 e. The summed E-state index contributed by atoms with van der Waals surface area (Å²) in [6.07, 6.45) is -1.23. The van der Waals surface area contributed by atoms with Crippen LogP contribution in [0.15, 0.2) is 42.6 Å². The lowest BCUT2D eigenvalue weighted by atomic mass is 9.72. The molecule has 2 aliphatic heterocycles. The van der Waals surface area contributed by atoms with Crippen LogP contribution < -0.4 is 0 Å². The number of amides is 1. The Labute approximate surface area is 231 Å². The Bertz CT molecular complexity index is 1340. The maximum Gasteiger partial charge on any atom is 0.490 e. The molecule has 0 bridgehead atoms. The third-order valence-electron chi connectivity index (χ3n) is 7.56. The molecule has 0 aliphatic carbocycles. The highest BCUT2D eigenvalue weighted by molar-refractivity contribution is 5.92. The van der Waals surface area contributed by atoms with Crippen molar-refractivity contribution in [3.05, 3.63) is 71.1 Å². The van der Waals surface area contributed by atoms with Gasteiger partial charge in [-0.1, -0.05) is 30.3 Å². The zero-order chi connectivity index (χ0) is 29.2. The average molecular weight is 561 g/mol. The zero-order valence-corrected chi connectivity index (χ0v) is 23.1. The van der Waals surface area contributed by atoms with Crippen LogP contribution in [0.1, 0.15) is 66.0 Å². The van der Waals surface area contributed by atoms with E-state index in [0.29, 0.717) is 24.8 Å². The Hall–Kier alpha value is -3.67. The number of aromatic nitrogens is 4. The number of carbonyl (C=O) groups excluding carboxylic acids is 1. The average Bonchev–Trinajstić information content (AvgIpc) is 3.48. The number of nitrogens with zero attached hydrogens (tertiary/aromatic N) is 6. The molecule has 1 amide bonds. The molecule has 0 saturated carbocycles. The number of fused-ring (bicyclic) bond motifs is 2. The van der Waals surface area contributed by atoms with Gasteiger partial charge < -0.3 is 14.6 Å². The first-order valence-corrected chi connectivity index (χ1v) is 13.2. The number of likely N-dealkylation sites (tertiary alicyclic amines) is 1. The lowest BCUT2D eigenvalue weighted by Gasteiger charge is -2.47. The monoisotopic (exact) mass is 560 g/mol. The number of carboxylic acids is 1. The summed E-state index contributed by atoms with van der Waals surface area (Å²) in [6, 6.07) is 12.8. The van der Waals surface area contributed by atoms with Gasteiger partial charge in [0.2, 0.25) is 0 Å². The molecule has 1 aromatic carbocycles. The number of rotatable bonds is 4. The summed E-state index contributed by atoms with van der Waals surface area (Å²) < 4.78 is 35.8. The summed E-state index contributed by atoms with van der Waals surface area (Å²) in [5.74, 6) is -1.69. The summed E-state index contributed by atoms with van der Waals surface area (Å²) in [6.45, 7) is 10.8. The molecule has 1 spiro atoms. The van der Waals surface area contributed by atoms with Crippen LogP contribution in [0.25, 0.3) is 0 Å². The summed E-state index contributed by atoms with van der Waals surface area (Å²) in [7, 11) is 1.85. The number of piperidine rings is 1. The van der Waals surface area contributed by atoms with E-state index < -0.39 is 12.1 Å². The summed E-state index contributed by atoms with van der Waals surface area (Å²) >= 11 is 0. The molecule has 0 atom stereocenters. The number of imidazole rings is 1. The highest BCUT2D eigenvalue weighted by Gasteiger charge is 2.46. The van der Waals surface area contributed by atoms with Crippen LogP contribution in [-0.4, -0.2) is 71.9 Å². The number of aryl methyl sites for hydroxylation is 2. The van der Waals surface area contributed by atoms with Crippen molar-refractivity contribution in [3.63, 3.8) is 0 Å². The van der Waals surface area contributed by atoms with Crippen LogP contribution in [0.5, 0.6) is 0 Å². The Morgan fingerprint density at radius 2 is 1.73 bits per heavy atom. The molecule has 4 heterocycles. The number of aliphatic carboxylic acids is 1. The maximum absolute atomic E-state index is 13.5. The second kappa shape index (κ2) is 11.4. The summed E-state index contributed by atoms with van der Waals surface area (Å²) in [5, 5.41) is 11.5. The molecule has 2 aromatic heterocycles. The molecule has 9 nitrogen and oxygen atoms in total. The van der Waals surface area contributed by atoms with Gasteiger partial charge >= 0.3 is 12.1 Å². The fourth-order valence-corrected chi connectivity index (χ4v) is 5.74.